The number of nitrogens with one attached hydrogen (secondary N) is 1. The molecule has 2 aromatic carbocycles. The van der Waals surface area contributed by atoms with Gasteiger partial charge >= 0.3 is 0 Å². The van der Waals surface area contributed by atoms with Crippen LogP contribution in [0.4, 0.5) is 5.69 Å². The Balaban J connectivity index is 2.18. The van der Waals surface area contributed by atoms with E-state index in [-0.39, 0.29) is 17.2 Å². The minimum Gasteiger partial charge on any atom is -0.319 e. The molecule has 0 bridgehead atoms. The summed E-state index contributed by atoms with van der Waals surface area (Å²) in [7, 11) is 0. The molecule has 1 amide bonds. The van der Waals surface area contributed by atoms with Gasteiger partial charge in [0.1, 0.15) is 0 Å². The third-order valence-electron chi connectivity index (χ3n) is 3.96. The first-order valence-corrected chi connectivity index (χ1v) is 9.03. The molecule has 144 valence electrons. The zero-order valence-electron chi connectivity index (χ0n) is 15.6. The summed E-state index contributed by atoms with van der Waals surface area (Å²) in [5.41, 5.74) is 1.60. The van der Waals surface area contributed by atoms with Gasteiger partial charge in [0, 0.05) is 24.6 Å². The Hall–Kier alpha value is -3.54. The van der Waals surface area contributed by atoms with Gasteiger partial charge in [-0.05, 0) is 41.8 Å². The van der Waals surface area contributed by atoms with Gasteiger partial charge < -0.3 is 5.32 Å². The van der Waals surface area contributed by atoms with E-state index in [9.17, 15) is 19.7 Å². The van der Waals surface area contributed by atoms with Crippen LogP contribution in [0.1, 0.15) is 37.3 Å². The molecule has 2 rings (SSSR count). The zero-order chi connectivity index (χ0) is 20.4. The maximum absolute atomic E-state index is 12.5. The number of benzene rings is 2. The number of non-ortho nitro benzene ring substituents is 1. The summed E-state index contributed by atoms with van der Waals surface area (Å²) in [6, 6.07) is 15.1. The van der Waals surface area contributed by atoms with Gasteiger partial charge in [-0.2, -0.15) is 0 Å². The summed E-state index contributed by atoms with van der Waals surface area (Å²) in [4.78, 5) is 35.0. The number of carbonyl (C=O) groups is 2. The van der Waals surface area contributed by atoms with E-state index in [1.807, 2.05) is 37.3 Å². The fourth-order valence-corrected chi connectivity index (χ4v) is 2.43. The van der Waals surface area contributed by atoms with Crippen LogP contribution in [0.5, 0.6) is 0 Å². The fourth-order valence-electron chi connectivity index (χ4n) is 2.43. The molecule has 1 N–H and O–H groups in total. The summed E-state index contributed by atoms with van der Waals surface area (Å²) in [5.74, 6) is -0.594. The lowest BCUT2D eigenvalue weighted by atomic mass is 10.1. The van der Waals surface area contributed by atoms with Crippen LogP contribution in [0.2, 0.25) is 0 Å². The van der Waals surface area contributed by atoms with Crippen LogP contribution < -0.4 is 5.32 Å². The molecule has 0 saturated carbocycles. The molecule has 0 aliphatic rings. The van der Waals surface area contributed by atoms with E-state index in [0.717, 1.165) is 12.0 Å². The maximum atomic E-state index is 12.5. The van der Waals surface area contributed by atoms with Crippen molar-refractivity contribution in [1.82, 2.24) is 5.32 Å². The number of carbonyl (C=O) groups excluding carboxylic acids is 2. The predicted molar refractivity (Wildman–Crippen MR) is 109 cm³/mol. The number of nitrogens with zero attached hydrogens (tertiary/aromatic N) is 1. The second-order valence-corrected chi connectivity index (χ2v) is 6.17. The van der Waals surface area contributed by atoms with Gasteiger partial charge in [-0.1, -0.05) is 43.7 Å². The molecule has 6 nitrogen and oxygen atoms in total. The van der Waals surface area contributed by atoms with Gasteiger partial charge in [0.05, 0.1) is 10.6 Å². The molecule has 0 atom stereocenters. The highest BCUT2D eigenvalue weighted by molar-refractivity contribution is 6.05. The molecule has 0 radical (unpaired) electrons. The number of nitro benzene ring substituents is 1. The van der Waals surface area contributed by atoms with Crippen LogP contribution in [-0.2, 0) is 9.59 Å². The Labute approximate surface area is 163 Å². The Bertz CT molecular complexity index is 885. The van der Waals surface area contributed by atoms with E-state index in [2.05, 4.69) is 5.32 Å². The molecule has 6 heteroatoms. The zero-order valence-corrected chi connectivity index (χ0v) is 15.6. The van der Waals surface area contributed by atoms with Crippen LogP contribution in [0.3, 0.4) is 0 Å². The highest BCUT2D eigenvalue weighted by atomic mass is 16.6. The smallest absolute Gasteiger partial charge is 0.269 e. The second kappa shape index (κ2) is 10.6. The van der Waals surface area contributed by atoms with Gasteiger partial charge in [-0.15, -0.1) is 0 Å². The van der Waals surface area contributed by atoms with E-state index >= 15 is 0 Å². The van der Waals surface area contributed by atoms with E-state index < -0.39 is 10.8 Å². The number of hydrogen-bond donors (Lipinski definition) is 1. The number of unbranched alkanes of at least 4 members (excludes halogenated alkanes) is 1. The molecule has 0 aliphatic heterocycles. The summed E-state index contributed by atoms with van der Waals surface area (Å²) >= 11 is 0. The number of nitro groups is 1. The van der Waals surface area contributed by atoms with E-state index in [1.54, 1.807) is 6.08 Å². The van der Waals surface area contributed by atoms with Crippen molar-refractivity contribution in [3.05, 3.63) is 87.6 Å². The van der Waals surface area contributed by atoms with Crippen molar-refractivity contribution in [3.63, 3.8) is 0 Å². The van der Waals surface area contributed by atoms with Crippen molar-refractivity contribution >= 4 is 29.5 Å². The molecule has 0 spiro atoms. The largest absolute Gasteiger partial charge is 0.319 e. The molecule has 28 heavy (non-hydrogen) atoms. The van der Waals surface area contributed by atoms with Crippen LogP contribution >= 0.6 is 0 Å². The Kier molecular flexibility index (Phi) is 7.84. The van der Waals surface area contributed by atoms with E-state index in [1.165, 1.54) is 36.4 Å². The van der Waals surface area contributed by atoms with Crippen molar-refractivity contribution in [2.75, 3.05) is 0 Å². The average Bonchev–Trinajstić information content (AvgIpc) is 2.71. The first-order valence-electron chi connectivity index (χ1n) is 9.03. The van der Waals surface area contributed by atoms with Gasteiger partial charge in [0.15, 0.2) is 5.78 Å². The minimum absolute atomic E-state index is 0.0363. The lowest BCUT2D eigenvalue weighted by Gasteiger charge is -2.08. The number of amides is 1. The first-order chi connectivity index (χ1) is 13.5. The molecule has 0 fully saturated rings. The first kappa shape index (κ1) is 20.8. The lowest BCUT2D eigenvalue weighted by molar-refractivity contribution is -0.384. The third kappa shape index (κ3) is 6.64. The Morgan fingerprint density at radius 3 is 2.32 bits per heavy atom. The maximum Gasteiger partial charge on any atom is 0.269 e. The van der Waals surface area contributed by atoms with Crippen LogP contribution in [0, 0.1) is 10.1 Å². The SMILES string of the molecule is CCCCC(=O)/C(=C/c1ccc([N+](=O)[O-])cc1)NC(=O)/C=C/c1ccccc1. The number of ketones is 1. The topological polar surface area (TPSA) is 89.3 Å². The lowest BCUT2D eigenvalue weighted by Crippen LogP contribution is -2.25. The number of Topliss-reactive ketones (excluding diaryl/α,β-unsaturated/α-hetero) is 1. The molecule has 0 unspecified atom stereocenters. The molecule has 0 saturated heterocycles. The van der Waals surface area contributed by atoms with Crippen molar-refractivity contribution in [3.8, 4) is 0 Å². The van der Waals surface area contributed by atoms with Crippen LogP contribution in [0.15, 0.2) is 66.4 Å². The highest BCUT2D eigenvalue weighted by Crippen LogP contribution is 2.15. The predicted octanol–water partition coefficient (Wildman–Crippen LogP) is 4.52. The van der Waals surface area contributed by atoms with Crippen molar-refractivity contribution < 1.29 is 14.5 Å². The van der Waals surface area contributed by atoms with Gasteiger partial charge in [0.2, 0.25) is 5.91 Å². The molecule has 2 aromatic rings. The van der Waals surface area contributed by atoms with Crippen molar-refractivity contribution in [2.45, 2.75) is 26.2 Å². The fraction of sp³-hybridized carbons (Fsp3) is 0.182. The Morgan fingerprint density at radius 1 is 1.04 bits per heavy atom. The molecule has 0 aromatic heterocycles. The minimum atomic E-state index is -0.489. The molecule has 0 aliphatic carbocycles. The van der Waals surface area contributed by atoms with Crippen LogP contribution in [0.25, 0.3) is 12.2 Å². The third-order valence-corrected chi connectivity index (χ3v) is 3.96. The molecule has 0 heterocycles. The van der Waals surface area contributed by atoms with Crippen molar-refractivity contribution in [2.24, 2.45) is 0 Å². The quantitative estimate of drug-likeness (QED) is 0.394. The molecular formula is C22H22N2O4. The van der Waals surface area contributed by atoms with Crippen LogP contribution in [-0.4, -0.2) is 16.6 Å². The van der Waals surface area contributed by atoms with E-state index in [0.29, 0.717) is 18.4 Å². The summed E-state index contributed by atoms with van der Waals surface area (Å²) < 4.78 is 0. The average molecular weight is 378 g/mol. The number of hydrogen-bond acceptors (Lipinski definition) is 4. The highest BCUT2D eigenvalue weighted by Gasteiger charge is 2.12. The van der Waals surface area contributed by atoms with Gasteiger partial charge in [-0.3, -0.25) is 19.7 Å². The van der Waals surface area contributed by atoms with Gasteiger partial charge in [0.25, 0.3) is 5.69 Å². The standard InChI is InChI=1S/C22H22N2O4/c1-2-3-9-21(25)20(16-18-10-13-19(14-11-18)24(27)28)23-22(26)15-12-17-7-5-4-6-8-17/h4-8,10-16H,2-3,9H2,1H3,(H,23,26)/b15-12+,20-16-. The van der Waals surface area contributed by atoms with Crippen molar-refractivity contribution in [1.29, 1.82) is 0 Å². The summed E-state index contributed by atoms with van der Waals surface area (Å²) in [6.07, 6.45) is 6.46. The Morgan fingerprint density at radius 2 is 1.71 bits per heavy atom. The van der Waals surface area contributed by atoms with E-state index in [4.69, 9.17) is 0 Å². The number of allylic oxidation sites excluding steroid dienone is 1. The molecular weight excluding hydrogens is 356 g/mol. The summed E-state index contributed by atoms with van der Waals surface area (Å²) in [6.45, 7) is 1.98. The second-order valence-electron chi connectivity index (χ2n) is 6.17. The van der Waals surface area contributed by atoms with Gasteiger partial charge in [-0.25, -0.2) is 0 Å². The summed E-state index contributed by atoms with van der Waals surface area (Å²) in [5, 5.41) is 13.4. The monoisotopic (exact) mass is 378 g/mol. The normalized spacial score (nSPS) is 11.4. The number of rotatable bonds is 9.